The molecule has 0 aliphatic rings. The van der Waals surface area contributed by atoms with Gasteiger partial charge in [0.25, 0.3) is 0 Å². The molecular formula is C13H16Cl2N2O. The zero-order chi connectivity index (χ0) is 13.8. The van der Waals surface area contributed by atoms with E-state index < -0.39 is 0 Å². The molecule has 98 valence electrons. The molecule has 1 aromatic carbocycles. The highest BCUT2D eigenvalue weighted by Gasteiger charge is 2.19. The van der Waals surface area contributed by atoms with Crippen LogP contribution in [0.25, 0.3) is 0 Å². The monoisotopic (exact) mass is 286 g/mol. The van der Waals surface area contributed by atoms with E-state index in [1.54, 1.807) is 24.3 Å². The van der Waals surface area contributed by atoms with Crippen LogP contribution in [0.2, 0.25) is 5.02 Å². The van der Waals surface area contributed by atoms with Crippen molar-refractivity contribution in [2.45, 2.75) is 27.2 Å². The van der Waals surface area contributed by atoms with Gasteiger partial charge in [-0.25, -0.2) is 0 Å². The quantitative estimate of drug-likeness (QED) is 0.662. The summed E-state index contributed by atoms with van der Waals surface area (Å²) >= 11 is 11.6. The number of nitrogens with zero attached hydrogens (tertiary/aromatic N) is 1. The molecule has 0 atom stereocenters. The van der Waals surface area contributed by atoms with Crippen molar-refractivity contribution in [1.82, 2.24) is 0 Å². The zero-order valence-corrected chi connectivity index (χ0v) is 12.1. The molecule has 18 heavy (non-hydrogen) atoms. The minimum atomic E-state index is -0.175. The molecule has 0 unspecified atom stereocenters. The highest BCUT2D eigenvalue weighted by atomic mass is 35.5. The van der Waals surface area contributed by atoms with Crippen LogP contribution in [-0.4, -0.2) is 11.0 Å². The van der Waals surface area contributed by atoms with Gasteiger partial charge in [0.2, 0.25) is 0 Å². The van der Waals surface area contributed by atoms with E-state index in [0.29, 0.717) is 11.4 Å². The average Bonchev–Trinajstić information content (AvgIpc) is 2.25. The second-order valence-electron chi connectivity index (χ2n) is 5.18. The van der Waals surface area contributed by atoms with Crippen LogP contribution >= 0.6 is 23.2 Å². The predicted molar refractivity (Wildman–Crippen MR) is 77.4 cm³/mol. The second kappa shape index (κ2) is 6.21. The van der Waals surface area contributed by atoms with Crippen molar-refractivity contribution in [1.29, 1.82) is 0 Å². The van der Waals surface area contributed by atoms with Crippen LogP contribution in [0, 0.1) is 5.41 Å². The van der Waals surface area contributed by atoms with Crippen molar-refractivity contribution in [2.75, 3.05) is 5.43 Å². The van der Waals surface area contributed by atoms with Crippen molar-refractivity contribution in [3.63, 3.8) is 0 Å². The van der Waals surface area contributed by atoms with E-state index in [4.69, 9.17) is 23.2 Å². The number of carbonyl (C=O) groups excluding carboxylic acids is 1. The Labute approximate surface area is 117 Å². The average molecular weight is 287 g/mol. The highest BCUT2D eigenvalue weighted by Crippen LogP contribution is 2.20. The molecule has 0 saturated carbocycles. The van der Waals surface area contributed by atoms with Gasteiger partial charge in [0.15, 0.2) is 11.0 Å². The standard InChI is InChI=1S/C13H16Cl2N2O/c1-13(2,3)8-11(18)12(15)17-16-10-6-4-9(14)5-7-10/h4-7,16H,8H2,1-3H3. The molecule has 0 spiro atoms. The number of hydrogen-bond donors (Lipinski definition) is 1. The molecule has 1 aromatic rings. The van der Waals surface area contributed by atoms with E-state index in [1.807, 2.05) is 20.8 Å². The summed E-state index contributed by atoms with van der Waals surface area (Å²) in [6, 6.07) is 6.96. The Morgan fingerprint density at radius 2 is 1.83 bits per heavy atom. The van der Waals surface area contributed by atoms with Gasteiger partial charge in [0, 0.05) is 11.4 Å². The summed E-state index contributed by atoms with van der Waals surface area (Å²) in [5.41, 5.74) is 3.33. The summed E-state index contributed by atoms with van der Waals surface area (Å²) in [5.74, 6) is -0.175. The van der Waals surface area contributed by atoms with Crippen molar-refractivity contribution < 1.29 is 4.79 Å². The fraction of sp³-hybridized carbons (Fsp3) is 0.385. The first-order chi connectivity index (χ1) is 8.28. The first-order valence-corrected chi connectivity index (χ1v) is 6.31. The Balaban J connectivity index is 2.61. The third-order valence-corrected chi connectivity index (χ3v) is 2.60. The van der Waals surface area contributed by atoms with Gasteiger partial charge in [0.05, 0.1) is 5.69 Å². The van der Waals surface area contributed by atoms with Gasteiger partial charge in [-0.3, -0.25) is 10.2 Å². The zero-order valence-electron chi connectivity index (χ0n) is 10.6. The molecule has 3 nitrogen and oxygen atoms in total. The molecule has 1 N–H and O–H groups in total. The van der Waals surface area contributed by atoms with Gasteiger partial charge in [-0.15, -0.1) is 0 Å². The van der Waals surface area contributed by atoms with Crippen molar-refractivity contribution in [2.24, 2.45) is 10.5 Å². The largest absolute Gasteiger partial charge is 0.291 e. The van der Waals surface area contributed by atoms with E-state index in [1.165, 1.54) is 0 Å². The normalized spacial score (nSPS) is 12.4. The molecule has 0 aliphatic heterocycles. The topological polar surface area (TPSA) is 41.5 Å². The van der Waals surface area contributed by atoms with E-state index in [2.05, 4.69) is 10.5 Å². The number of rotatable bonds is 4. The number of hydrazone groups is 1. The summed E-state index contributed by atoms with van der Waals surface area (Å²) in [7, 11) is 0. The lowest BCUT2D eigenvalue weighted by atomic mass is 9.90. The molecule has 0 amide bonds. The number of halogens is 2. The molecule has 0 radical (unpaired) electrons. The minimum absolute atomic E-state index is 0.0418. The molecule has 0 bridgehead atoms. The highest BCUT2D eigenvalue weighted by molar-refractivity contribution is 6.83. The summed E-state index contributed by atoms with van der Waals surface area (Å²) in [6.07, 6.45) is 0.359. The predicted octanol–water partition coefficient (Wildman–Crippen LogP) is 4.31. The fourth-order valence-corrected chi connectivity index (χ4v) is 1.49. The summed E-state index contributed by atoms with van der Waals surface area (Å²) in [5, 5.41) is 4.44. The Morgan fingerprint density at radius 3 is 2.33 bits per heavy atom. The Morgan fingerprint density at radius 1 is 1.28 bits per heavy atom. The molecule has 0 saturated heterocycles. The van der Waals surface area contributed by atoms with E-state index >= 15 is 0 Å². The molecule has 0 heterocycles. The van der Waals surface area contributed by atoms with Gasteiger partial charge in [-0.05, 0) is 29.7 Å². The SMILES string of the molecule is CC(C)(C)CC(=O)C(Cl)=NNc1ccc(Cl)cc1. The van der Waals surface area contributed by atoms with E-state index in [0.717, 1.165) is 5.69 Å². The van der Waals surface area contributed by atoms with Crippen LogP contribution in [-0.2, 0) is 4.79 Å². The lowest BCUT2D eigenvalue weighted by Crippen LogP contribution is -2.18. The van der Waals surface area contributed by atoms with Crippen LogP contribution in [0.3, 0.4) is 0 Å². The second-order valence-corrected chi connectivity index (χ2v) is 5.98. The van der Waals surface area contributed by atoms with Crippen LogP contribution in [0.15, 0.2) is 29.4 Å². The molecule has 5 heteroatoms. The van der Waals surface area contributed by atoms with Gasteiger partial charge >= 0.3 is 0 Å². The van der Waals surface area contributed by atoms with Gasteiger partial charge in [0.1, 0.15) is 0 Å². The van der Waals surface area contributed by atoms with Crippen molar-refractivity contribution >= 4 is 39.8 Å². The summed E-state index contributed by atoms with van der Waals surface area (Å²) in [6.45, 7) is 5.92. The fourth-order valence-electron chi connectivity index (χ4n) is 1.26. The number of nitrogens with one attached hydrogen (secondary N) is 1. The molecule has 0 aromatic heterocycles. The third kappa shape index (κ3) is 5.52. The first kappa shape index (κ1) is 15.0. The van der Waals surface area contributed by atoms with Gasteiger partial charge in [-0.2, -0.15) is 5.10 Å². The lowest BCUT2D eigenvalue weighted by molar-refractivity contribution is -0.114. The number of benzene rings is 1. The number of carbonyl (C=O) groups is 1. The minimum Gasteiger partial charge on any atom is -0.291 e. The van der Waals surface area contributed by atoms with Gasteiger partial charge in [-0.1, -0.05) is 44.0 Å². The van der Waals surface area contributed by atoms with Crippen LogP contribution in [0.4, 0.5) is 5.69 Å². The van der Waals surface area contributed by atoms with E-state index in [-0.39, 0.29) is 16.4 Å². The van der Waals surface area contributed by atoms with Crippen molar-refractivity contribution in [3.05, 3.63) is 29.3 Å². The maximum atomic E-state index is 11.7. The number of ketones is 1. The number of Topliss-reactive ketones (excluding diaryl/α,β-unsaturated/α-hetero) is 1. The summed E-state index contributed by atoms with van der Waals surface area (Å²) < 4.78 is 0. The lowest BCUT2D eigenvalue weighted by Gasteiger charge is -2.15. The van der Waals surface area contributed by atoms with Crippen LogP contribution < -0.4 is 5.43 Å². The maximum absolute atomic E-state index is 11.7. The summed E-state index contributed by atoms with van der Waals surface area (Å²) in [4.78, 5) is 11.7. The Kier molecular flexibility index (Phi) is 5.17. The first-order valence-electron chi connectivity index (χ1n) is 5.56. The molecule has 0 fully saturated rings. The van der Waals surface area contributed by atoms with Crippen LogP contribution in [0.5, 0.6) is 0 Å². The third-order valence-electron chi connectivity index (χ3n) is 2.05. The molecule has 0 aliphatic carbocycles. The van der Waals surface area contributed by atoms with E-state index in [9.17, 15) is 4.79 Å². The van der Waals surface area contributed by atoms with Crippen LogP contribution in [0.1, 0.15) is 27.2 Å². The number of anilines is 1. The molecule has 1 rings (SSSR count). The molecular weight excluding hydrogens is 271 g/mol. The maximum Gasteiger partial charge on any atom is 0.195 e. The Hall–Kier alpha value is -1.06. The Bertz CT molecular complexity index is 447. The number of hydrogen-bond acceptors (Lipinski definition) is 3. The smallest absolute Gasteiger partial charge is 0.195 e. The van der Waals surface area contributed by atoms with Gasteiger partial charge < -0.3 is 0 Å². The van der Waals surface area contributed by atoms with Crippen molar-refractivity contribution in [3.8, 4) is 0 Å².